The maximum absolute atomic E-state index is 12.0. The Morgan fingerprint density at radius 3 is 3.15 bits per heavy atom. The highest BCUT2D eigenvalue weighted by Crippen LogP contribution is 2.28. The highest BCUT2D eigenvalue weighted by molar-refractivity contribution is 5.98. The lowest BCUT2D eigenvalue weighted by atomic mass is 10.1. The largest absolute Gasteiger partial charge is 0.482 e. The Bertz CT molecular complexity index is 538. The van der Waals surface area contributed by atoms with Gasteiger partial charge in [0.2, 0.25) is 0 Å². The van der Waals surface area contributed by atoms with Crippen molar-refractivity contribution in [1.29, 1.82) is 0 Å². The second-order valence-corrected chi connectivity index (χ2v) is 4.89. The van der Waals surface area contributed by atoms with Gasteiger partial charge in [0, 0.05) is 18.7 Å². The summed E-state index contributed by atoms with van der Waals surface area (Å²) in [6.45, 7) is 1.27. The number of carbonyl (C=O) groups is 2. The number of amides is 2. The molecule has 2 aliphatic rings. The molecule has 1 saturated heterocycles. The first-order valence-electron chi connectivity index (χ1n) is 6.69. The van der Waals surface area contributed by atoms with Gasteiger partial charge in [0.1, 0.15) is 5.75 Å². The van der Waals surface area contributed by atoms with Crippen LogP contribution in [0.5, 0.6) is 5.75 Å². The van der Waals surface area contributed by atoms with E-state index >= 15 is 0 Å². The van der Waals surface area contributed by atoms with E-state index in [0.717, 1.165) is 19.4 Å². The summed E-state index contributed by atoms with van der Waals surface area (Å²) in [5.74, 6) is 0.172. The van der Waals surface area contributed by atoms with Crippen molar-refractivity contribution in [2.24, 2.45) is 0 Å². The van der Waals surface area contributed by atoms with Crippen molar-refractivity contribution >= 4 is 17.5 Å². The fourth-order valence-corrected chi connectivity index (χ4v) is 2.33. The fourth-order valence-electron chi connectivity index (χ4n) is 2.33. The summed E-state index contributed by atoms with van der Waals surface area (Å²) in [5.41, 5.74) is 1.11. The fraction of sp³-hybridized carbons (Fsp3) is 0.429. The Labute approximate surface area is 116 Å². The topological polar surface area (TPSA) is 76.7 Å². The molecule has 2 aliphatic heterocycles. The van der Waals surface area contributed by atoms with Crippen molar-refractivity contribution in [3.05, 3.63) is 23.8 Å². The van der Waals surface area contributed by atoms with Gasteiger partial charge in [-0.1, -0.05) is 0 Å². The average molecular weight is 276 g/mol. The summed E-state index contributed by atoms with van der Waals surface area (Å²) < 4.78 is 10.7. The van der Waals surface area contributed by atoms with Gasteiger partial charge in [0.15, 0.2) is 6.61 Å². The molecular formula is C14H16N2O4. The zero-order chi connectivity index (χ0) is 13.9. The molecular weight excluding hydrogens is 260 g/mol. The van der Waals surface area contributed by atoms with E-state index in [-0.39, 0.29) is 24.5 Å². The molecule has 0 aliphatic carbocycles. The summed E-state index contributed by atoms with van der Waals surface area (Å²) in [6.07, 6.45) is 2.15. The van der Waals surface area contributed by atoms with E-state index in [1.807, 2.05) is 0 Å². The predicted octanol–water partition coefficient (Wildman–Crippen LogP) is 0.926. The molecule has 0 aromatic heterocycles. The Morgan fingerprint density at radius 2 is 2.35 bits per heavy atom. The summed E-state index contributed by atoms with van der Waals surface area (Å²) >= 11 is 0. The van der Waals surface area contributed by atoms with Crippen molar-refractivity contribution in [3.63, 3.8) is 0 Å². The lowest BCUT2D eigenvalue weighted by Gasteiger charge is -2.18. The number of carbonyl (C=O) groups excluding carboxylic acids is 2. The van der Waals surface area contributed by atoms with E-state index in [0.29, 0.717) is 23.5 Å². The van der Waals surface area contributed by atoms with Crippen molar-refractivity contribution in [3.8, 4) is 5.75 Å². The third-order valence-electron chi connectivity index (χ3n) is 3.39. The number of hydrogen-bond acceptors (Lipinski definition) is 4. The number of benzene rings is 1. The molecule has 3 rings (SSSR count). The van der Waals surface area contributed by atoms with Gasteiger partial charge >= 0.3 is 0 Å². The van der Waals surface area contributed by atoms with E-state index < -0.39 is 0 Å². The van der Waals surface area contributed by atoms with E-state index in [4.69, 9.17) is 9.47 Å². The van der Waals surface area contributed by atoms with Crippen LogP contribution in [0, 0.1) is 0 Å². The molecule has 20 heavy (non-hydrogen) atoms. The first kappa shape index (κ1) is 12.9. The first-order chi connectivity index (χ1) is 9.72. The number of ether oxygens (including phenoxy) is 2. The first-order valence-corrected chi connectivity index (χ1v) is 6.69. The minimum atomic E-state index is -0.187. The summed E-state index contributed by atoms with van der Waals surface area (Å²) in [7, 11) is 0. The standard InChI is InChI=1S/C14H16N2O4/c17-13-8-20-12-6-9(3-4-11(12)16-13)14(18)15-7-10-2-1-5-19-10/h3-4,6,10H,1-2,5,7-8H2,(H,15,18)(H,16,17). The Balaban J connectivity index is 1.64. The van der Waals surface area contributed by atoms with Crippen molar-refractivity contribution < 1.29 is 19.1 Å². The third-order valence-corrected chi connectivity index (χ3v) is 3.39. The molecule has 2 heterocycles. The maximum Gasteiger partial charge on any atom is 0.262 e. The SMILES string of the molecule is O=C1COc2cc(C(=O)NCC3CCCO3)ccc2N1. The van der Waals surface area contributed by atoms with Gasteiger partial charge in [-0.2, -0.15) is 0 Å². The number of fused-ring (bicyclic) bond motifs is 1. The number of nitrogens with one attached hydrogen (secondary N) is 2. The molecule has 1 aromatic rings. The van der Waals surface area contributed by atoms with Crippen molar-refractivity contribution in [2.45, 2.75) is 18.9 Å². The molecule has 1 atom stereocenters. The van der Waals surface area contributed by atoms with Crippen LogP contribution in [-0.2, 0) is 9.53 Å². The Morgan fingerprint density at radius 1 is 1.45 bits per heavy atom. The van der Waals surface area contributed by atoms with Crippen LogP contribution >= 0.6 is 0 Å². The van der Waals surface area contributed by atoms with Gasteiger partial charge in [-0.25, -0.2) is 0 Å². The Hall–Kier alpha value is -2.08. The minimum absolute atomic E-state index is 0.0199. The van der Waals surface area contributed by atoms with Crippen LogP contribution in [0.3, 0.4) is 0 Å². The normalized spacial score (nSPS) is 20.8. The van der Waals surface area contributed by atoms with Crippen LogP contribution in [0.25, 0.3) is 0 Å². The number of rotatable bonds is 3. The van der Waals surface area contributed by atoms with Gasteiger partial charge < -0.3 is 20.1 Å². The number of anilines is 1. The van der Waals surface area contributed by atoms with Crippen LogP contribution in [-0.4, -0.2) is 37.7 Å². The molecule has 0 bridgehead atoms. The van der Waals surface area contributed by atoms with E-state index in [2.05, 4.69) is 10.6 Å². The zero-order valence-corrected chi connectivity index (χ0v) is 11.0. The maximum atomic E-state index is 12.0. The van der Waals surface area contributed by atoms with Gasteiger partial charge in [0.25, 0.3) is 11.8 Å². The smallest absolute Gasteiger partial charge is 0.262 e. The minimum Gasteiger partial charge on any atom is -0.482 e. The van der Waals surface area contributed by atoms with Gasteiger partial charge in [-0.15, -0.1) is 0 Å². The van der Waals surface area contributed by atoms with Crippen molar-refractivity contribution in [2.75, 3.05) is 25.1 Å². The van der Waals surface area contributed by atoms with Gasteiger partial charge in [0.05, 0.1) is 11.8 Å². The van der Waals surface area contributed by atoms with Gasteiger partial charge in [-0.3, -0.25) is 9.59 Å². The molecule has 0 saturated carbocycles. The summed E-state index contributed by atoms with van der Waals surface area (Å²) in [4.78, 5) is 23.2. The van der Waals surface area contributed by atoms with E-state index in [9.17, 15) is 9.59 Å². The monoisotopic (exact) mass is 276 g/mol. The molecule has 106 valence electrons. The van der Waals surface area contributed by atoms with Crippen molar-refractivity contribution in [1.82, 2.24) is 5.32 Å². The molecule has 1 unspecified atom stereocenters. The Kier molecular flexibility index (Phi) is 3.56. The van der Waals surface area contributed by atoms with Crippen LogP contribution in [0.15, 0.2) is 18.2 Å². The quantitative estimate of drug-likeness (QED) is 0.861. The highest BCUT2D eigenvalue weighted by Gasteiger charge is 2.19. The van der Waals surface area contributed by atoms with Crippen LogP contribution in [0.2, 0.25) is 0 Å². The van der Waals surface area contributed by atoms with Crippen LogP contribution in [0.1, 0.15) is 23.2 Å². The predicted molar refractivity (Wildman–Crippen MR) is 71.9 cm³/mol. The molecule has 1 fully saturated rings. The summed E-state index contributed by atoms with van der Waals surface area (Å²) in [6, 6.07) is 4.98. The molecule has 6 heteroatoms. The van der Waals surface area contributed by atoms with Crippen LogP contribution in [0.4, 0.5) is 5.69 Å². The highest BCUT2D eigenvalue weighted by atomic mass is 16.5. The molecule has 0 radical (unpaired) electrons. The van der Waals surface area contributed by atoms with Gasteiger partial charge in [-0.05, 0) is 31.0 Å². The van der Waals surface area contributed by atoms with E-state index in [1.165, 1.54) is 0 Å². The molecule has 6 nitrogen and oxygen atoms in total. The third kappa shape index (κ3) is 2.75. The lowest BCUT2D eigenvalue weighted by Crippen LogP contribution is -2.32. The lowest BCUT2D eigenvalue weighted by molar-refractivity contribution is -0.118. The molecule has 2 amide bonds. The van der Waals surface area contributed by atoms with E-state index in [1.54, 1.807) is 18.2 Å². The molecule has 2 N–H and O–H groups in total. The van der Waals surface area contributed by atoms with Crippen LogP contribution < -0.4 is 15.4 Å². The number of hydrogen-bond donors (Lipinski definition) is 2. The second-order valence-electron chi connectivity index (χ2n) is 4.89. The zero-order valence-electron chi connectivity index (χ0n) is 11.0. The molecule has 0 spiro atoms. The summed E-state index contributed by atoms with van der Waals surface area (Å²) in [5, 5.41) is 5.54. The second kappa shape index (κ2) is 5.50. The average Bonchev–Trinajstić information content (AvgIpc) is 2.97. The molecule has 1 aromatic carbocycles.